The first kappa shape index (κ1) is 28.7. The van der Waals surface area contributed by atoms with Crippen molar-refractivity contribution in [2.75, 3.05) is 38.7 Å². The lowest BCUT2D eigenvalue weighted by atomic mass is 10.1. The fraction of sp³-hybridized carbons (Fsp3) is 0.500. The minimum absolute atomic E-state index is 0.0368. The molecule has 212 valence electrons. The van der Waals surface area contributed by atoms with Gasteiger partial charge >= 0.3 is 0 Å². The molecule has 0 aliphatic carbocycles. The van der Waals surface area contributed by atoms with Gasteiger partial charge in [-0.05, 0) is 44.8 Å². The zero-order valence-corrected chi connectivity index (χ0v) is 25.3. The number of likely N-dealkylation sites (tertiary alicyclic amines) is 2. The number of hydrogen-bond donors (Lipinski definition) is 0. The Hall–Kier alpha value is -2.82. The second-order valence-corrected chi connectivity index (χ2v) is 14.1. The van der Waals surface area contributed by atoms with E-state index in [-0.39, 0.29) is 27.4 Å². The van der Waals surface area contributed by atoms with Crippen LogP contribution in [0.2, 0.25) is 0 Å². The van der Waals surface area contributed by atoms with Gasteiger partial charge < -0.3 is 9.80 Å². The van der Waals surface area contributed by atoms with Crippen molar-refractivity contribution in [2.45, 2.75) is 48.6 Å². The van der Waals surface area contributed by atoms with Gasteiger partial charge in [0.05, 0.1) is 0 Å². The van der Waals surface area contributed by atoms with Crippen molar-refractivity contribution in [2.24, 2.45) is 0 Å². The van der Waals surface area contributed by atoms with Gasteiger partial charge in [0.2, 0.25) is 0 Å². The van der Waals surface area contributed by atoms with Crippen LogP contribution in [0, 0.1) is 0 Å². The van der Waals surface area contributed by atoms with Crippen LogP contribution in [0.5, 0.6) is 0 Å². The van der Waals surface area contributed by atoms with E-state index in [1.54, 1.807) is 4.90 Å². The standard InChI is InChI=1S/C12H14N4O3S2.C12H14N4OS2/c1-21(18,19)11-8-9(13-7-14-11)20-10(15-8)12(17)16-5-3-2-4-6-16;1-18-9-8-10(14-7-13-9)19-11(15-8)12(17)16-5-3-2-4-6-16/h7H,2-6H2,1H3;7H,2-6H2,1H3. The Labute approximate surface area is 243 Å². The van der Waals surface area contributed by atoms with Crippen molar-refractivity contribution in [1.82, 2.24) is 39.7 Å². The number of fused-ring (bicyclic) bond motifs is 2. The van der Waals surface area contributed by atoms with Crippen molar-refractivity contribution in [3.8, 4) is 0 Å². The Kier molecular flexibility index (Phi) is 8.87. The summed E-state index contributed by atoms with van der Waals surface area (Å²) in [5.74, 6) is -0.119. The molecule has 0 atom stereocenters. The lowest BCUT2D eigenvalue weighted by Gasteiger charge is -2.25. The van der Waals surface area contributed by atoms with Gasteiger partial charge in [-0.25, -0.2) is 38.3 Å². The summed E-state index contributed by atoms with van der Waals surface area (Å²) in [6, 6.07) is 0. The molecule has 0 radical (unpaired) electrons. The van der Waals surface area contributed by atoms with E-state index in [9.17, 15) is 18.0 Å². The van der Waals surface area contributed by atoms with Crippen LogP contribution >= 0.6 is 34.4 Å². The van der Waals surface area contributed by atoms with Crippen molar-refractivity contribution in [3.05, 3.63) is 22.7 Å². The Bertz CT molecular complexity index is 1640. The molecule has 0 N–H and O–H groups in total. The molecule has 6 heterocycles. The second kappa shape index (κ2) is 12.4. The number of nitrogens with zero attached hydrogens (tertiary/aromatic N) is 8. The van der Waals surface area contributed by atoms with Crippen LogP contribution in [0.25, 0.3) is 20.7 Å². The largest absolute Gasteiger partial charge is 0.337 e. The molecule has 16 heteroatoms. The maximum absolute atomic E-state index is 12.4. The van der Waals surface area contributed by atoms with E-state index in [1.165, 1.54) is 42.2 Å². The van der Waals surface area contributed by atoms with Gasteiger partial charge in [-0.2, -0.15) is 0 Å². The number of carbonyl (C=O) groups is 2. The van der Waals surface area contributed by atoms with Crippen LogP contribution in [-0.2, 0) is 9.84 Å². The third-order valence-corrected chi connectivity index (χ3v) is 10.1. The molecule has 2 fully saturated rings. The fourth-order valence-corrected chi connectivity index (χ4v) is 7.64. The van der Waals surface area contributed by atoms with Gasteiger partial charge in [0, 0.05) is 32.4 Å². The van der Waals surface area contributed by atoms with Crippen LogP contribution in [0.3, 0.4) is 0 Å². The molecule has 2 aliphatic rings. The van der Waals surface area contributed by atoms with Gasteiger partial charge in [-0.3, -0.25) is 9.59 Å². The molecule has 0 aromatic carbocycles. The Morgan fingerprint density at radius 1 is 0.750 bits per heavy atom. The number of thioether (sulfide) groups is 1. The second-order valence-electron chi connectivity index (χ2n) is 9.39. The lowest BCUT2D eigenvalue weighted by Crippen LogP contribution is -2.35. The van der Waals surface area contributed by atoms with Crippen LogP contribution in [0.1, 0.15) is 58.1 Å². The lowest BCUT2D eigenvalue weighted by molar-refractivity contribution is 0.0717. The molecule has 0 spiro atoms. The zero-order valence-electron chi connectivity index (χ0n) is 22.1. The Morgan fingerprint density at radius 3 is 1.73 bits per heavy atom. The molecule has 4 aromatic heterocycles. The highest BCUT2D eigenvalue weighted by Gasteiger charge is 2.25. The molecular weight excluding hydrogens is 593 g/mol. The topological polar surface area (TPSA) is 152 Å². The van der Waals surface area contributed by atoms with Crippen LogP contribution < -0.4 is 0 Å². The SMILES string of the molecule is CS(=O)(=O)c1ncnc2sc(C(=O)N3CCCCC3)nc12.CSc1ncnc2sc(C(=O)N3CCCCC3)nc12. The number of amides is 2. The normalized spacial score (nSPS) is 16.1. The van der Waals surface area contributed by atoms with E-state index in [0.717, 1.165) is 91.2 Å². The molecule has 12 nitrogen and oxygen atoms in total. The van der Waals surface area contributed by atoms with E-state index in [2.05, 4.69) is 29.9 Å². The molecule has 0 unspecified atom stereocenters. The van der Waals surface area contributed by atoms with Gasteiger partial charge in [-0.15, -0.1) is 11.8 Å². The number of rotatable bonds is 4. The van der Waals surface area contributed by atoms with E-state index in [1.807, 2.05) is 11.2 Å². The average molecular weight is 621 g/mol. The summed E-state index contributed by atoms with van der Waals surface area (Å²) < 4.78 is 23.4. The maximum Gasteiger partial charge on any atom is 0.282 e. The quantitative estimate of drug-likeness (QED) is 0.243. The van der Waals surface area contributed by atoms with E-state index < -0.39 is 9.84 Å². The summed E-state index contributed by atoms with van der Waals surface area (Å²) in [5.41, 5.74) is 0.936. The minimum atomic E-state index is -3.50. The Morgan fingerprint density at radius 2 is 1.23 bits per heavy atom. The summed E-state index contributed by atoms with van der Waals surface area (Å²) in [6.07, 6.45) is 12.2. The summed E-state index contributed by atoms with van der Waals surface area (Å²) in [4.78, 5) is 54.5. The van der Waals surface area contributed by atoms with Crippen LogP contribution in [0.4, 0.5) is 0 Å². The summed E-state index contributed by atoms with van der Waals surface area (Å²) in [6.45, 7) is 3.13. The predicted molar refractivity (Wildman–Crippen MR) is 155 cm³/mol. The first-order valence-corrected chi connectivity index (χ1v) is 17.6. The smallest absolute Gasteiger partial charge is 0.282 e. The zero-order chi connectivity index (χ0) is 28.3. The van der Waals surface area contributed by atoms with E-state index in [0.29, 0.717) is 9.84 Å². The molecule has 2 aliphatic heterocycles. The van der Waals surface area contributed by atoms with Gasteiger partial charge in [-0.1, -0.05) is 22.7 Å². The minimum Gasteiger partial charge on any atom is -0.337 e. The third kappa shape index (κ3) is 6.24. The van der Waals surface area contributed by atoms with Crippen molar-refractivity contribution < 1.29 is 18.0 Å². The van der Waals surface area contributed by atoms with Gasteiger partial charge in [0.25, 0.3) is 11.8 Å². The maximum atomic E-state index is 12.4. The highest BCUT2D eigenvalue weighted by atomic mass is 32.2. The summed E-state index contributed by atoms with van der Waals surface area (Å²) in [7, 11) is -3.50. The molecule has 0 saturated carbocycles. The Balaban J connectivity index is 0.000000162. The molecule has 4 aromatic rings. The summed E-state index contributed by atoms with van der Waals surface area (Å²) in [5, 5.41) is 1.52. The molecule has 40 heavy (non-hydrogen) atoms. The predicted octanol–water partition coefficient (Wildman–Crippen LogP) is 3.55. The van der Waals surface area contributed by atoms with E-state index in [4.69, 9.17) is 0 Å². The molecule has 6 rings (SSSR count). The highest BCUT2D eigenvalue weighted by molar-refractivity contribution is 7.98. The van der Waals surface area contributed by atoms with Crippen LogP contribution in [0.15, 0.2) is 22.7 Å². The molecule has 2 amide bonds. The number of hydrogen-bond acceptors (Lipinski definition) is 13. The summed E-state index contributed by atoms with van der Waals surface area (Å²) >= 11 is 4.00. The van der Waals surface area contributed by atoms with Crippen LogP contribution in [-0.4, -0.2) is 98.6 Å². The molecule has 0 bridgehead atoms. The number of carbonyl (C=O) groups excluding carboxylic acids is 2. The van der Waals surface area contributed by atoms with Gasteiger partial charge in [0.15, 0.2) is 24.9 Å². The van der Waals surface area contributed by atoms with Gasteiger partial charge in [0.1, 0.15) is 38.4 Å². The van der Waals surface area contributed by atoms with Crippen molar-refractivity contribution in [3.63, 3.8) is 0 Å². The van der Waals surface area contributed by atoms with Crippen molar-refractivity contribution >= 4 is 76.8 Å². The first-order valence-electron chi connectivity index (χ1n) is 12.8. The molecule has 2 saturated heterocycles. The average Bonchev–Trinajstić information content (AvgIpc) is 3.62. The highest BCUT2D eigenvalue weighted by Crippen LogP contribution is 2.28. The monoisotopic (exact) mass is 620 g/mol. The number of piperidine rings is 2. The first-order chi connectivity index (χ1) is 19.3. The number of sulfone groups is 1. The number of aromatic nitrogens is 6. The molecular formula is C24H28N8O4S4. The number of thiazole rings is 2. The van der Waals surface area contributed by atoms with E-state index >= 15 is 0 Å². The van der Waals surface area contributed by atoms with Crippen molar-refractivity contribution in [1.29, 1.82) is 0 Å². The third-order valence-electron chi connectivity index (χ3n) is 6.52. The fourth-order valence-electron chi connectivity index (χ4n) is 4.54.